The van der Waals surface area contributed by atoms with Crippen LogP contribution in [0.25, 0.3) is 0 Å². The lowest BCUT2D eigenvalue weighted by Gasteiger charge is -2.34. The predicted octanol–water partition coefficient (Wildman–Crippen LogP) is -0.251. The van der Waals surface area contributed by atoms with E-state index in [9.17, 15) is 4.79 Å². The molecule has 2 bridgehead atoms. The fourth-order valence-electron chi connectivity index (χ4n) is 2.30. The van der Waals surface area contributed by atoms with Crippen molar-refractivity contribution in [3.05, 3.63) is 0 Å². The maximum Gasteiger partial charge on any atom is 0.152 e. The van der Waals surface area contributed by atoms with Crippen molar-refractivity contribution in [2.45, 2.75) is 37.4 Å². The number of Topliss-reactive ketones (excluding diaryl/α,β-unsaturated/α-hetero) is 1. The van der Waals surface area contributed by atoms with Crippen LogP contribution in [0.2, 0.25) is 0 Å². The Morgan fingerprint density at radius 1 is 1.55 bits per heavy atom. The summed E-state index contributed by atoms with van der Waals surface area (Å²) in [5, 5.41) is 0. The molecule has 2 saturated heterocycles. The molecule has 2 aliphatic rings. The van der Waals surface area contributed by atoms with Crippen LogP contribution in [0.15, 0.2) is 0 Å². The molecule has 2 rings (SSSR count). The van der Waals surface area contributed by atoms with Gasteiger partial charge in [-0.3, -0.25) is 9.69 Å². The topological polar surface area (TPSA) is 46.3 Å². The monoisotopic (exact) mass is 154 g/mol. The smallest absolute Gasteiger partial charge is 0.152 e. The lowest BCUT2D eigenvalue weighted by molar-refractivity contribution is -0.124. The molecule has 2 fully saturated rings. The van der Waals surface area contributed by atoms with E-state index in [1.54, 1.807) is 0 Å². The summed E-state index contributed by atoms with van der Waals surface area (Å²) in [5.41, 5.74) is 5.76. The summed E-state index contributed by atoms with van der Waals surface area (Å²) in [6.07, 6.45) is 2.93. The summed E-state index contributed by atoms with van der Waals surface area (Å²) >= 11 is 0. The zero-order valence-electron chi connectivity index (χ0n) is 6.79. The van der Waals surface area contributed by atoms with Gasteiger partial charge in [0.05, 0.1) is 6.04 Å². The van der Waals surface area contributed by atoms with Crippen LogP contribution in [0.1, 0.15) is 19.3 Å². The lowest BCUT2D eigenvalue weighted by atomic mass is 9.97. The predicted molar refractivity (Wildman–Crippen MR) is 42.2 cm³/mol. The standard InChI is InChI=1S/C8H14N2O/c1-10-5-2-3-6(10)8(9)7(11)4-5/h5-6,8H,2-4,9H2,1H3. The molecule has 2 aliphatic heterocycles. The van der Waals surface area contributed by atoms with E-state index in [1.807, 2.05) is 0 Å². The molecule has 3 heteroatoms. The Hall–Kier alpha value is -0.410. The normalized spacial score (nSPS) is 44.9. The summed E-state index contributed by atoms with van der Waals surface area (Å²) < 4.78 is 0. The van der Waals surface area contributed by atoms with E-state index in [4.69, 9.17) is 5.73 Å². The van der Waals surface area contributed by atoms with Crippen molar-refractivity contribution in [2.75, 3.05) is 7.05 Å². The molecule has 3 nitrogen and oxygen atoms in total. The number of rotatable bonds is 0. The number of ketones is 1. The van der Waals surface area contributed by atoms with Crippen LogP contribution in [0, 0.1) is 0 Å². The molecule has 0 aromatic carbocycles. The highest BCUT2D eigenvalue weighted by Gasteiger charge is 2.42. The number of nitrogens with two attached hydrogens (primary N) is 1. The summed E-state index contributed by atoms with van der Waals surface area (Å²) in [6, 6.07) is 0.618. The SMILES string of the molecule is CN1C2CCC1C(N)C(=O)C2. The van der Waals surface area contributed by atoms with E-state index < -0.39 is 0 Å². The quantitative estimate of drug-likeness (QED) is 0.523. The van der Waals surface area contributed by atoms with Crippen LogP contribution in [-0.4, -0.2) is 35.9 Å². The van der Waals surface area contributed by atoms with Crippen LogP contribution in [0.4, 0.5) is 0 Å². The van der Waals surface area contributed by atoms with Gasteiger partial charge < -0.3 is 5.73 Å². The summed E-state index contributed by atoms with van der Waals surface area (Å²) in [4.78, 5) is 13.5. The third-order valence-corrected chi connectivity index (χ3v) is 3.12. The molecule has 11 heavy (non-hydrogen) atoms. The van der Waals surface area contributed by atoms with Gasteiger partial charge in [0.2, 0.25) is 0 Å². The summed E-state index contributed by atoms with van der Waals surface area (Å²) in [7, 11) is 2.08. The number of carbonyl (C=O) groups is 1. The highest BCUT2D eigenvalue weighted by molar-refractivity contribution is 5.86. The van der Waals surface area contributed by atoms with Gasteiger partial charge in [0.25, 0.3) is 0 Å². The molecule has 2 N–H and O–H groups in total. The molecule has 0 spiro atoms. The largest absolute Gasteiger partial charge is 0.320 e. The van der Waals surface area contributed by atoms with Crippen molar-refractivity contribution < 1.29 is 4.79 Å². The van der Waals surface area contributed by atoms with Crippen LogP contribution in [0.5, 0.6) is 0 Å². The van der Waals surface area contributed by atoms with E-state index in [1.165, 1.54) is 0 Å². The van der Waals surface area contributed by atoms with Crippen LogP contribution in [0.3, 0.4) is 0 Å². The first kappa shape index (κ1) is 7.25. The van der Waals surface area contributed by atoms with E-state index in [-0.39, 0.29) is 11.8 Å². The van der Waals surface area contributed by atoms with Gasteiger partial charge in [-0.15, -0.1) is 0 Å². The fraction of sp³-hybridized carbons (Fsp3) is 0.875. The molecule has 0 saturated carbocycles. The Labute approximate surface area is 66.5 Å². The second-order valence-corrected chi connectivity index (χ2v) is 3.66. The minimum atomic E-state index is -0.209. The summed E-state index contributed by atoms with van der Waals surface area (Å²) in [6.45, 7) is 0. The van der Waals surface area contributed by atoms with Crippen molar-refractivity contribution in [3.8, 4) is 0 Å². The Morgan fingerprint density at radius 2 is 2.27 bits per heavy atom. The minimum absolute atomic E-state index is 0.209. The molecule has 0 amide bonds. The number of nitrogens with zero attached hydrogens (tertiary/aromatic N) is 1. The Bertz CT molecular complexity index is 193. The molecule has 0 aromatic heterocycles. The molecule has 0 aliphatic carbocycles. The van der Waals surface area contributed by atoms with E-state index in [0.717, 1.165) is 12.8 Å². The fourth-order valence-corrected chi connectivity index (χ4v) is 2.30. The maximum absolute atomic E-state index is 11.2. The van der Waals surface area contributed by atoms with Crippen molar-refractivity contribution in [1.82, 2.24) is 4.90 Å². The second-order valence-electron chi connectivity index (χ2n) is 3.66. The lowest BCUT2D eigenvalue weighted by Crippen LogP contribution is -2.54. The maximum atomic E-state index is 11.2. The number of likely N-dealkylation sites (N-methyl/N-ethyl adjacent to an activating group) is 1. The average molecular weight is 154 g/mol. The van der Waals surface area contributed by atoms with Crippen LogP contribution in [-0.2, 0) is 4.79 Å². The van der Waals surface area contributed by atoms with E-state index >= 15 is 0 Å². The van der Waals surface area contributed by atoms with Gasteiger partial charge in [-0.2, -0.15) is 0 Å². The Balaban J connectivity index is 2.22. The first-order valence-corrected chi connectivity index (χ1v) is 4.20. The number of hydrogen-bond acceptors (Lipinski definition) is 3. The highest BCUT2D eigenvalue weighted by Crippen LogP contribution is 2.31. The second kappa shape index (κ2) is 2.29. The van der Waals surface area contributed by atoms with Gasteiger partial charge in [0.15, 0.2) is 5.78 Å². The van der Waals surface area contributed by atoms with Gasteiger partial charge >= 0.3 is 0 Å². The van der Waals surface area contributed by atoms with Crippen molar-refractivity contribution >= 4 is 5.78 Å². The zero-order chi connectivity index (χ0) is 8.01. The molecule has 0 radical (unpaired) electrons. The van der Waals surface area contributed by atoms with Gasteiger partial charge in [-0.1, -0.05) is 0 Å². The Kier molecular flexibility index (Phi) is 1.51. The molecule has 3 unspecified atom stereocenters. The van der Waals surface area contributed by atoms with E-state index in [2.05, 4.69) is 11.9 Å². The third kappa shape index (κ3) is 0.914. The van der Waals surface area contributed by atoms with Gasteiger partial charge in [0.1, 0.15) is 0 Å². The molecular formula is C8H14N2O. The molecule has 2 heterocycles. The van der Waals surface area contributed by atoms with E-state index in [0.29, 0.717) is 18.5 Å². The van der Waals surface area contributed by atoms with Crippen LogP contribution < -0.4 is 5.73 Å². The third-order valence-electron chi connectivity index (χ3n) is 3.12. The van der Waals surface area contributed by atoms with Gasteiger partial charge in [-0.25, -0.2) is 0 Å². The molecule has 3 atom stereocenters. The average Bonchev–Trinajstić information content (AvgIpc) is 2.23. The summed E-state index contributed by atoms with van der Waals surface area (Å²) in [5.74, 6) is 0.260. The highest BCUT2D eigenvalue weighted by atomic mass is 16.1. The van der Waals surface area contributed by atoms with Crippen molar-refractivity contribution in [3.63, 3.8) is 0 Å². The van der Waals surface area contributed by atoms with Gasteiger partial charge in [0, 0.05) is 18.5 Å². The van der Waals surface area contributed by atoms with Crippen molar-refractivity contribution in [2.24, 2.45) is 5.73 Å². The first-order valence-electron chi connectivity index (χ1n) is 4.20. The molecular weight excluding hydrogens is 140 g/mol. The molecule has 0 aromatic rings. The first-order chi connectivity index (χ1) is 5.20. The Morgan fingerprint density at radius 3 is 3.00 bits per heavy atom. The van der Waals surface area contributed by atoms with Crippen molar-refractivity contribution in [1.29, 1.82) is 0 Å². The van der Waals surface area contributed by atoms with Gasteiger partial charge in [-0.05, 0) is 19.9 Å². The number of fused-ring (bicyclic) bond motifs is 2. The zero-order valence-corrected chi connectivity index (χ0v) is 6.79. The minimum Gasteiger partial charge on any atom is -0.320 e. The van der Waals surface area contributed by atoms with Crippen LogP contribution >= 0.6 is 0 Å². The number of hydrogen-bond donors (Lipinski definition) is 1. The number of piperidine rings is 1. The number of carbonyl (C=O) groups excluding carboxylic acids is 1. The molecule has 62 valence electrons.